The molecule has 3 heteroatoms. The molecule has 0 unspecified atom stereocenters. The summed E-state index contributed by atoms with van der Waals surface area (Å²) < 4.78 is 0. The van der Waals surface area contributed by atoms with Gasteiger partial charge in [-0.3, -0.25) is 9.69 Å². The summed E-state index contributed by atoms with van der Waals surface area (Å²) in [6.45, 7) is 2.87. The first-order chi connectivity index (χ1) is 13.3. The summed E-state index contributed by atoms with van der Waals surface area (Å²) in [7, 11) is 0. The Morgan fingerprint density at radius 2 is 1.48 bits per heavy atom. The second-order valence-corrected chi connectivity index (χ2v) is 7.12. The number of hydrogen-bond acceptors (Lipinski definition) is 2. The van der Waals surface area contributed by atoms with Crippen LogP contribution in [-0.4, -0.2) is 29.9 Å². The summed E-state index contributed by atoms with van der Waals surface area (Å²) >= 11 is 0. The first-order valence-electron chi connectivity index (χ1n) is 9.50. The molecule has 0 aromatic heterocycles. The van der Waals surface area contributed by atoms with E-state index in [1.54, 1.807) is 0 Å². The number of carbonyl (C=O) groups excluding carboxylic acids is 1. The highest BCUT2D eigenvalue weighted by atomic mass is 16.1. The van der Waals surface area contributed by atoms with E-state index in [0.717, 1.165) is 42.7 Å². The quantitative estimate of drug-likeness (QED) is 0.737. The van der Waals surface area contributed by atoms with Gasteiger partial charge in [-0.05, 0) is 35.2 Å². The number of nitrogens with one attached hydrogen (secondary N) is 1. The van der Waals surface area contributed by atoms with Gasteiger partial charge in [0.1, 0.15) is 0 Å². The van der Waals surface area contributed by atoms with E-state index >= 15 is 0 Å². The third kappa shape index (κ3) is 4.44. The molecule has 0 bridgehead atoms. The van der Waals surface area contributed by atoms with Gasteiger partial charge in [0.25, 0.3) is 5.91 Å². The monoisotopic (exact) mass is 356 g/mol. The van der Waals surface area contributed by atoms with Crippen molar-refractivity contribution < 1.29 is 4.79 Å². The van der Waals surface area contributed by atoms with Gasteiger partial charge in [0.05, 0.1) is 0 Å². The maximum Gasteiger partial charge on any atom is 0.251 e. The van der Waals surface area contributed by atoms with E-state index < -0.39 is 0 Å². The standard InChI is InChI=1S/C24H24N2O/c27-24(22-13-11-21(12-14-22)20-9-5-2-6-10-20)25-23-15-16-26(18-23)17-19-7-3-1-4-8-19/h1-14,23H,15-18H2,(H,25,27)/t23-/m1/s1. The van der Waals surface area contributed by atoms with Crippen LogP contribution in [-0.2, 0) is 6.54 Å². The molecule has 1 aliphatic heterocycles. The first kappa shape index (κ1) is 17.5. The second kappa shape index (κ2) is 8.19. The number of likely N-dealkylation sites (tertiary alicyclic amines) is 1. The molecule has 0 aliphatic carbocycles. The third-order valence-corrected chi connectivity index (χ3v) is 5.11. The van der Waals surface area contributed by atoms with Crippen LogP contribution in [0.15, 0.2) is 84.9 Å². The van der Waals surface area contributed by atoms with Crippen LogP contribution in [0.4, 0.5) is 0 Å². The van der Waals surface area contributed by atoms with E-state index in [2.05, 4.69) is 46.6 Å². The van der Waals surface area contributed by atoms with Crippen molar-refractivity contribution in [3.8, 4) is 11.1 Å². The Hall–Kier alpha value is -2.91. The zero-order valence-corrected chi connectivity index (χ0v) is 15.3. The van der Waals surface area contributed by atoms with Crippen LogP contribution in [0.1, 0.15) is 22.3 Å². The van der Waals surface area contributed by atoms with E-state index in [1.165, 1.54) is 5.56 Å². The Morgan fingerprint density at radius 3 is 2.19 bits per heavy atom. The molecule has 1 atom stereocenters. The Bertz CT molecular complexity index is 875. The maximum absolute atomic E-state index is 12.6. The van der Waals surface area contributed by atoms with E-state index in [-0.39, 0.29) is 11.9 Å². The fourth-order valence-corrected chi connectivity index (χ4v) is 3.65. The topological polar surface area (TPSA) is 32.3 Å². The average molecular weight is 356 g/mol. The fraction of sp³-hybridized carbons (Fsp3) is 0.208. The first-order valence-corrected chi connectivity index (χ1v) is 9.50. The molecular formula is C24H24N2O. The number of nitrogens with zero attached hydrogens (tertiary/aromatic N) is 1. The highest BCUT2D eigenvalue weighted by molar-refractivity contribution is 5.94. The molecule has 1 amide bonds. The molecule has 1 heterocycles. The Kier molecular flexibility index (Phi) is 5.31. The molecule has 0 radical (unpaired) electrons. The normalized spacial score (nSPS) is 17.0. The Morgan fingerprint density at radius 1 is 0.852 bits per heavy atom. The average Bonchev–Trinajstić information content (AvgIpc) is 3.16. The third-order valence-electron chi connectivity index (χ3n) is 5.11. The number of carbonyl (C=O) groups is 1. The summed E-state index contributed by atoms with van der Waals surface area (Å²) in [4.78, 5) is 15.0. The molecular weight excluding hydrogens is 332 g/mol. The molecule has 27 heavy (non-hydrogen) atoms. The van der Waals surface area contributed by atoms with Crippen LogP contribution in [0.2, 0.25) is 0 Å². The van der Waals surface area contributed by atoms with Crippen LogP contribution < -0.4 is 5.32 Å². The summed E-state index contributed by atoms with van der Waals surface area (Å²) in [5, 5.41) is 3.19. The minimum Gasteiger partial charge on any atom is -0.348 e. The van der Waals surface area contributed by atoms with Crippen molar-refractivity contribution in [3.63, 3.8) is 0 Å². The van der Waals surface area contributed by atoms with Crippen molar-refractivity contribution in [2.45, 2.75) is 19.0 Å². The van der Waals surface area contributed by atoms with Crippen molar-refractivity contribution in [3.05, 3.63) is 96.1 Å². The lowest BCUT2D eigenvalue weighted by Gasteiger charge is -2.17. The Labute approximate surface area is 160 Å². The molecule has 1 fully saturated rings. The Balaban J connectivity index is 1.33. The molecule has 1 saturated heterocycles. The number of benzene rings is 3. The van der Waals surface area contributed by atoms with E-state index in [0.29, 0.717) is 0 Å². The van der Waals surface area contributed by atoms with Crippen molar-refractivity contribution in [1.82, 2.24) is 10.2 Å². The van der Waals surface area contributed by atoms with Gasteiger partial charge in [-0.25, -0.2) is 0 Å². The minimum atomic E-state index is 0.0150. The van der Waals surface area contributed by atoms with Crippen LogP contribution >= 0.6 is 0 Å². The predicted molar refractivity (Wildman–Crippen MR) is 109 cm³/mol. The summed E-state index contributed by atoms with van der Waals surface area (Å²) in [5.74, 6) is 0.0150. The van der Waals surface area contributed by atoms with Gasteiger partial charge in [0.2, 0.25) is 0 Å². The molecule has 1 aliphatic rings. The van der Waals surface area contributed by atoms with Gasteiger partial charge >= 0.3 is 0 Å². The molecule has 0 spiro atoms. The lowest BCUT2D eigenvalue weighted by Crippen LogP contribution is -2.36. The summed E-state index contributed by atoms with van der Waals surface area (Å²) in [5.41, 5.74) is 4.33. The van der Waals surface area contributed by atoms with Crippen LogP contribution in [0.25, 0.3) is 11.1 Å². The van der Waals surface area contributed by atoms with Gasteiger partial charge in [-0.15, -0.1) is 0 Å². The molecule has 1 N–H and O–H groups in total. The van der Waals surface area contributed by atoms with E-state index in [4.69, 9.17) is 0 Å². The van der Waals surface area contributed by atoms with E-state index in [1.807, 2.05) is 48.5 Å². The smallest absolute Gasteiger partial charge is 0.251 e. The SMILES string of the molecule is O=C(N[C@@H]1CCN(Cc2ccccc2)C1)c1ccc(-c2ccccc2)cc1. The second-order valence-electron chi connectivity index (χ2n) is 7.12. The van der Waals surface area contributed by atoms with Gasteiger partial charge < -0.3 is 5.32 Å². The van der Waals surface area contributed by atoms with Gasteiger partial charge in [0.15, 0.2) is 0 Å². The zero-order chi connectivity index (χ0) is 18.5. The maximum atomic E-state index is 12.6. The lowest BCUT2D eigenvalue weighted by molar-refractivity contribution is 0.0937. The highest BCUT2D eigenvalue weighted by Crippen LogP contribution is 2.20. The molecule has 0 saturated carbocycles. The van der Waals surface area contributed by atoms with E-state index in [9.17, 15) is 4.79 Å². The van der Waals surface area contributed by atoms with Crippen LogP contribution in [0.3, 0.4) is 0 Å². The van der Waals surface area contributed by atoms with Crippen molar-refractivity contribution >= 4 is 5.91 Å². The molecule has 3 aromatic carbocycles. The molecule has 4 rings (SSSR count). The molecule has 3 nitrogen and oxygen atoms in total. The number of amides is 1. The van der Waals surface area contributed by atoms with Crippen LogP contribution in [0, 0.1) is 0 Å². The highest BCUT2D eigenvalue weighted by Gasteiger charge is 2.24. The predicted octanol–water partition coefficient (Wildman–Crippen LogP) is 4.36. The van der Waals surface area contributed by atoms with Gasteiger partial charge in [-0.1, -0.05) is 72.8 Å². The van der Waals surface area contributed by atoms with Crippen molar-refractivity contribution in [1.29, 1.82) is 0 Å². The fourth-order valence-electron chi connectivity index (χ4n) is 3.65. The zero-order valence-electron chi connectivity index (χ0n) is 15.3. The molecule has 3 aromatic rings. The molecule has 136 valence electrons. The summed E-state index contributed by atoms with van der Waals surface area (Å²) in [6.07, 6.45) is 1.00. The van der Waals surface area contributed by atoms with Crippen LogP contribution in [0.5, 0.6) is 0 Å². The summed E-state index contributed by atoms with van der Waals surface area (Å²) in [6, 6.07) is 28.8. The van der Waals surface area contributed by atoms with Gasteiger partial charge in [-0.2, -0.15) is 0 Å². The lowest BCUT2D eigenvalue weighted by atomic mass is 10.0. The number of hydrogen-bond donors (Lipinski definition) is 1. The van der Waals surface area contributed by atoms with Crippen molar-refractivity contribution in [2.24, 2.45) is 0 Å². The minimum absolute atomic E-state index is 0.0150. The number of rotatable bonds is 5. The largest absolute Gasteiger partial charge is 0.348 e. The van der Waals surface area contributed by atoms with Crippen molar-refractivity contribution in [2.75, 3.05) is 13.1 Å². The van der Waals surface area contributed by atoms with Gasteiger partial charge in [0, 0.05) is 31.2 Å².